The second-order valence-electron chi connectivity index (χ2n) is 4.08. The van der Waals surface area contributed by atoms with Gasteiger partial charge in [0, 0.05) is 18.3 Å². The smallest absolute Gasteiger partial charge is 0.146 e. The third-order valence-electron chi connectivity index (χ3n) is 2.48. The molecular formula is C14H18N2O2. The third-order valence-corrected chi connectivity index (χ3v) is 2.48. The zero-order valence-electron chi connectivity index (χ0n) is 10.6. The van der Waals surface area contributed by atoms with Crippen LogP contribution < -0.4 is 10.1 Å². The minimum Gasteiger partial charge on any atom is -0.484 e. The Kier molecular flexibility index (Phi) is 4.78. The Morgan fingerprint density at radius 3 is 3.17 bits per heavy atom. The zero-order valence-corrected chi connectivity index (χ0v) is 10.6. The first-order chi connectivity index (χ1) is 8.88. The average molecular weight is 246 g/mol. The average Bonchev–Trinajstić information content (AvgIpc) is 2.86. The highest BCUT2D eigenvalue weighted by molar-refractivity contribution is 5.17. The van der Waals surface area contributed by atoms with E-state index in [2.05, 4.69) is 17.2 Å². The maximum Gasteiger partial charge on any atom is 0.146 e. The zero-order chi connectivity index (χ0) is 12.6. The number of furan rings is 1. The summed E-state index contributed by atoms with van der Waals surface area (Å²) in [7, 11) is 0. The summed E-state index contributed by atoms with van der Waals surface area (Å²) in [6.07, 6.45) is 6.31. The predicted molar refractivity (Wildman–Crippen MR) is 69.3 cm³/mol. The number of nitrogens with one attached hydrogen (secondary N) is 1. The van der Waals surface area contributed by atoms with E-state index in [4.69, 9.17) is 9.15 Å². The number of rotatable bonds is 7. The lowest BCUT2D eigenvalue weighted by atomic mass is 10.3. The normalized spacial score (nSPS) is 10.5. The molecule has 0 aliphatic rings. The summed E-state index contributed by atoms with van der Waals surface area (Å²) in [5, 5.41) is 3.33. The van der Waals surface area contributed by atoms with Gasteiger partial charge in [0.15, 0.2) is 0 Å². The fraction of sp³-hybridized carbons (Fsp3) is 0.357. The molecular weight excluding hydrogens is 228 g/mol. The van der Waals surface area contributed by atoms with Crippen molar-refractivity contribution in [1.29, 1.82) is 0 Å². The highest BCUT2D eigenvalue weighted by Gasteiger charge is 2.02. The van der Waals surface area contributed by atoms with Crippen molar-refractivity contribution in [3.8, 4) is 5.75 Å². The standard InChI is InChI=1S/C14H18N2O2/c1-2-5-15-8-12-7-14(17-10-12)11-18-13-4-3-6-16-9-13/h3-4,6-7,9-10,15H,2,5,8,11H2,1H3. The fourth-order valence-electron chi connectivity index (χ4n) is 1.59. The maximum absolute atomic E-state index is 5.55. The van der Waals surface area contributed by atoms with Gasteiger partial charge in [-0.05, 0) is 31.2 Å². The molecule has 0 radical (unpaired) electrons. The molecule has 4 heteroatoms. The molecule has 0 aliphatic carbocycles. The Labute approximate surface area is 107 Å². The van der Waals surface area contributed by atoms with Crippen LogP contribution in [0.5, 0.6) is 5.75 Å². The van der Waals surface area contributed by atoms with Gasteiger partial charge in [0.2, 0.25) is 0 Å². The van der Waals surface area contributed by atoms with Crippen molar-refractivity contribution in [2.75, 3.05) is 6.54 Å². The largest absolute Gasteiger partial charge is 0.484 e. The Bertz CT molecular complexity index is 454. The first kappa shape index (κ1) is 12.6. The van der Waals surface area contributed by atoms with E-state index in [1.807, 2.05) is 18.2 Å². The van der Waals surface area contributed by atoms with Gasteiger partial charge in [-0.3, -0.25) is 4.98 Å². The molecule has 0 saturated carbocycles. The number of ether oxygens (including phenoxy) is 1. The molecule has 18 heavy (non-hydrogen) atoms. The van der Waals surface area contributed by atoms with Crippen LogP contribution in [0.15, 0.2) is 41.3 Å². The first-order valence-electron chi connectivity index (χ1n) is 6.18. The van der Waals surface area contributed by atoms with Gasteiger partial charge >= 0.3 is 0 Å². The Balaban J connectivity index is 1.80. The Hall–Kier alpha value is -1.81. The molecule has 2 aromatic rings. The second kappa shape index (κ2) is 6.81. The van der Waals surface area contributed by atoms with E-state index in [0.717, 1.165) is 36.6 Å². The molecule has 2 rings (SSSR count). The highest BCUT2D eigenvalue weighted by atomic mass is 16.5. The van der Waals surface area contributed by atoms with Crippen LogP contribution in [-0.2, 0) is 13.2 Å². The van der Waals surface area contributed by atoms with Crippen LogP contribution >= 0.6 is 0 Å². The van der Waals surface area contributed by atoms with E-state index in [9.17, 15) is 0 Å². The monoisotopic (exact) mass is 246 g/mol. The van der Waals surface area contributed by atoms with Crippen LogP contribution in [0.2, 0.25) is 0 Å². The highest BCUT2D eigenvalue weighted by Crippen LogP contribution is 2.12. The van der Waals surface area contributed by atoms with E-state index >= 15 is 0 Å². The van der Waals surface area contributed by atoms with Crippen LogP contribution in [-0.4, -0.2) is 11.5 Å². The van der Waals surface area contributed by atoms with Crippen molar-refractivity contribution in [2.24, 2.45) is 0 Å². The molecule has 0 fully saturated rings. The lowest BCUT2D eigenvalue weighted by Gasteiger charge is -2.02. The minimum absolute atomic E-state index is 0.430. The molecule has 0 atom stereocenters. The molecule has 0 bridgehead atoms. The lowest BCUT2D eigenvalue weighted by Crippen LogP contribution is -2.13. The minimum atomic E-state index is 0.430. The number of pyridine rings is 1. The van der Waals surface area contributed by atoms with Gasteiger partial charge in [-0.25, -0.2) is 0 Å². The van der Waals surface area contributed by atoms with Crippen LogP contribution in [0, 0.1) is 0 Å². The molecule has 2 aromatic heterocycles. The molecule has 0 aliphatic heterocycles. The van der Waals surface area contributed by atoms with Gasteiger partial charge in [0.05, 0.1) is 12.5 Å². The van der Waals surface area contributed by atoms with E-state index in [1.165, 1.54) is 0 Å². The van der Waals surface area contributed by atoms with Crippen LogP contribution in [0.1, 0.15) is 24.7 Å². The second-order valence-corrected chi connectivity index (χ2v) is 4.08. The quantitative estimate of drug-likeness (QED) is 0.763. The number of hydrogen-bond donors (Lipinski definition) is 1. The van der Waals surface area contributed by atoms with Gasteiger partial charge in [-0.1, -0.05) is 6.92 Å². The molecule has 0 amide bonds. The maximum atomic E-state index is 5.55. The van der Waals surface area contributed by atoms with Gasteiger partial charge in [0.1, 0.15) is 18.1 Å². The van der Waals surface area contributed by atoms with Crippen LogP contribution in [0.4, 0.5) is 0 Å². The molecule has 0 spiro atoms. The summed E-state index contributed by atoms with van der Waals surface area (Å²) in [6.45, 7) is 4.44. The van der Waals surface area contributed by atoms with E-state index in [1.54, 1.807) is 18.7 Å². The molecule has 1 N–H and O–H groups in total. The van der Waals surface area contributed by atoms with Crippen LogP contribution in [0.3, 0.4) is 0 Å². The van der Waals surface area contributed by atoms with Gasteiger partial charge in [0.25, 0.3) is 0 Å². The summed E-state index contributed by atoms with van der Waals surface area (Å²) >= 11 is 0. The molecule has 4 nitrogen and oxygen atoms in total. The third kappa shape index (κ3) is 3.89. The van der Waals surface area contributed by atoms with Crippen molar-refractivity contribution in [3.63, 3.8) is 0 Å². The van der Waals surface area contributed by atoms with Crippen LogP contribution in [0.25, 0.3) is 0 Å². The van der Waals surface area contributed by atoms with Gasteiger partial charge < -0.3 is 14.5 Å². The van der Waals surface area contributed by atoms with Crippen molar-refractivity contribution < 1.29 is 9.15 Å². The van der Waals surface area contributed by atoms with E-state index in [-0.39, 0.29) is 0 Å². The van der Waals surface area contributed by atoms with Crippen molar-refractivity contribution in [1.82, 2.24) is 10.3 Å². The van der Waals surface area contributed by atoms with Crippen molar-refractivity contribution in [2.45, 2.75) is 26.5 Å². The first-order valence-corrected chi connectivity index (χ1v) is 6.18. The summed E-state index contributed by atoms with van der Waals surface area (Å²) < 4.78 is 11.0. The molecule has 0 saturated heterocycles. The topological polar surface area (TPSA) is 47.3 Å². The Morgan fingerprint density at radius 1 is 1.44 bits per heavy atom. The Morgan fingerprint density at radius 2 is 2.39 bits per heavy atom. The molecule has 2 heterocycles. The summed E-state index contributed by atoms with van der Waals surface area (Å²) in [5.74, 6) is 1.58. The molecule has 96 valence electrons. The van der Waals surface area contributed by atoms with Gasteiger partial charge in [-0.15, -0.1) is 0 Å². The lowest BCUT2D eigenvalue weighted by molar-refractivity contribution is 0.269. The van der Waals surface area contributed by atoms with E-state index in [0.29, 0.717) is 6.61 Å². The predicted octanol–water partition coefficient (Wildman–Crippen LogP) is 2.75. The van der Waals surface area contributed by atoms with Crippen molar-refractivity contribution in [3.05, 3.63) is 48.2 Å². The summed E-state index contributed by atoms with van der Waals surface area (Å²) in [5.41, 5.74) is 1.15. The van der Waals surface area contributed by atoms with Crippen molar-refractivity contribution >= 4 is 0 Å². The SMILES string of the molecule is CCCNCc1coc(COc2cccnc2)c1. The van der Waals surface area contributed by atoms with E-state index < -0.39 is 0 Å². The number of aromatic nitrogens is 1. The molecule has 0 unspecified atom stereocenters. The van der Waals surface area contributed by atoms with Gasteiger partial charge in [-0.2, -0.15) is 0 Å². The summed E-state index contributed by atoms with van der Waals surface area (Å²) in [4.78, 5) is 3.99. The fourth-order valence-corrected chi connectivity index (χ4v) is 1.59. The molecule has 0 aromatic carbocycles. The number of nitrogens with zero attached hydrogens (tertiary/aromatic N) is 1. The summed E-state index contributed by atoms with van der Waals surface area (Å²) in [6, 6.07) is 5.73. The number of hydrogen-bond acceptors (Lipinski definition) is 4.